The topological polar surface area (TPSA) is 34.9 Å². The van der Waals surface area contributed by atoms with Gasteiger partial charge < -0.3 is 4.57 Å². The fourth-order valence-corrected chi connectivity index (χ4v) is 2.43. The van der Waals surface area contributed by atoms with Crippen molar-refractivity contribution in [2.75, 3.05) is 6.26 Å². The molecule has 2 aromatic rings. The van der Waals surface area contributed by atoms with Gasteiger partial charge in [0.1, 0.15) is 0 Å². The van der Waals surface area contributed by atoms with E-state index in [1.165, 1.54) is 17.8 Å². The lowest BCUT2D eigenvalue weighted by atomic mass is 10.2. The average molecular weight is 300 g/mol. The average Bonchev–Trinajstić information content (AvgIpc) is 2.38. The zero-order chi connectivity index (χ0) is 14.9. The van der Waals surface area contributed by atoms with Gasteiger partial charge in [-0.2, -0.15) is 4.98 Å². The van der Waals surface area contributed by atoms with Crippen molar-refractivity contribution in [3.05, 3.63) is 57.3 Å². The maximum Gasteiger partial charge on any atom is 0.273 e. The van der Waals surface area contributed by atoms with Gasteiger partial charge in [0.05, 0.1) is 0 Å². The molecule has 1 heterocycles. The SMILES string of the molecule is CSc1nc(=O)cc(C)n1Cc1cc(F)c(F)c(F)c1. The molecule has 0 saturated carbocycles. The summed E-state index contributed by atoms with van der Waals surface area (Å²) in [5.41, 5.74) is 0.490. The van der Waals surface area contributed by atoms with Crippen LogP contribution in [-0.4, -0.2) is 15.8 Å². The third-order valence-corrected chi connectivity index (χ3v) is 3.44. The van der Waals surface area contributed by atoms with Crippen molar-refractivity contribution in [1.82, 2.24) is 9.55 Å². The second-order valence-corrected chi connectivity index (χ2v) is 4.96. The number of hydrogen-bond acceptors (Lipinski definition) is 3. The first-order valence-electron chi connectivity index (χ1n) is 5.68. The molecule has 7 heteroatoms. The van der Waals surface area contributed by atoms with Gasteiger partial charge in [0.2, 0.25) is 0 Å². The first-order valence-corrected chi connectivity index (χ1v) is 6.90. The van der Waals surface area contributed by atoms with Crippen LogP contribution in [0.3, 0.4) is 0 Å². The maximum absolute atomic E-state index is 13.2. The summed E-state index contributed by atoms with van der Waals surface area (Å²) in [6.07, 6.45) is 1.74. The summed E-state index contributed by atoms with van der Waals surface area (Å²) in [7, 11) is 0. The Morgan fingerprint density at radius 2 is 1.80 bits per heavy atom. The Bertz CT molecular complexity index is 692. The number of hydrogen-bond donors (Lipinski definition) is 0. The summed E-state index contributed by atoms with van der Waals surface area (Å²) in [6, 6.07) is 3.19. The van der Waals surface area contributed by atoms with Gasteiger partial charge in [-0.25, -0.2) is 13.2 Å². The van der Waals surface area contributed by atoms with Crippen molar-refractivity contribution in [2.24, 2.45) is 0 Å². The molecule has 20 heavy (non-hydrogen) atoms. The standard InChI is InChI=1S/C13H11F3N2OS/c1-7-3-11(19)17-13(20-2)18(7)6-8-4-9(14)12(16)10(15)5-8/h3-5H,6H2,1-2H3. The summed E-state index contributed by atoms with van der Waals surface area (Å²) in [4.78, 5) is 15.1. The minimum atomic E-state index is -1.49. The number of thioether (sulfide) groups is 1. The molecule has 2 rings (SSSR count). The Kier molecular flexibility index (Phi) is 4.17. The molecule has 0 radical (unpaired) electrons. The fourth-order valence-electron chi connectivity index (χ4n) is 1.82. The van der Waals surface area contributed by atoms with Crippen LogP contribution >= 0.6 is 11.8 Å². The molecule has 0 atom stereocenters. The zero-order valence-electron chi connectivity index (χ0n) is 10.8. The van der Waals surface area contributed by atoms with E-state index in [0.29, 0.717) is 10.9 Å². The van der Waals surface area contributed by atoms with Crippen LogP contribution in [-0.2, 0) is 6.54 Å². The highest BCUT2D eigenvalue weighted by Gasteiger charge is 2.13. The third kappa shape index (κ3) is 2.87. The lowest BCUT2D eigenvalue weighted by molar-refractivity contribution is 0.444. The molecule has 0 aliphatic carbocycles. The lowest BCUT2D eigenvalue weighted by Gasteiger charge is -2.14. The van der Waals surface area contributed by atoms with Crippen LogP contribution in [0.1, 0.15) is 11.3 Å². The van der Waals surface area contributed by atoms with Crippen LogP contribution in [0.25, 0.3) is 0 Å². The third-order valence-electron chi connectivity index (χ3n) is 2.76. The highest BCUT2D eigenvalue weighted by Crippen LogP contribution is 2.18. The molecule has 0 fully saturated rings. The van der Waals surface area contributed by atoms with Crippen LogP contribution in [0.15, 0.2) is 28.2 Å². The van der Waals surface area contributed by atoms with Crippen molar-refractivity contribution in [2.45, 2.75) is 18.6 Å². The quantitative estimate of drug-likeness (QED) is 0.497. The van der Waals surface area contributed by atoms with Gasteiger partial charge in [0, 0.05) is 18.3 Å². The first-order chi connectivity index (χ1) is 9.42. The smallest absolute Gasteiger partial charge is 0.273 e. The van der Waals surface area contributed by atoms with Gasteiger partial charge in [0.15, 0.2) is 22.6 Å². The Hall–Kier alpha value is -1.76. The molecular formula is C13H11F3N2OS. The van der Waals surface area contributed by atoms with Crippen LogP contribution in [0.5, 0.6) is 0 Å². The maximum atomic E-state index is 13.2. The predicted octanol–water partition coefficient (Wildman–Crippen LogP) is 2.74. The van der Waals surface area contributed by atoms with Gasteiger partial charge in [-0.05, 0) is 30.9 Å². The minimum absolute atomic E-state index is 0.101. The van der Waals surface area contributed by atoms with E-state index >= 15 is 0 Å². The van der Waals surface area contributed by atoms with Crippen molar-refractivity contribution >= 4 is 11.8 Å². The highest BCUT2D eigenvalue weighted by molar-refractivity contribution is 7.98. The number of rotatable bonds is 3. The molecule has 106 valence electrons. The van der Waals surface area contributed by atoms with Crippen LogP contribution in [0, 0.1) is 24.4 Å². The molecule has 0 aliphatic rings. The van der Waals surface area contributed by atoms with Crippen molar-refractivity contribution in [1.29, 1.82) is 0 Å². The first kappa shape index (κ1) is 14.6. The number of halogens is 3. The second-order valence-electron chi connectivity index (χ2n) is 4.18. The Balaban J connectivity index is 2.47. The molecule has 0 spiro atoms. The number of aryl methyl sites for hydroxylation is 1. The second kappa shape index (κ2) is 5.70. The van der Waals surface area contributed by atoms with Crippen LogP contribution < -0.4 is 5.56 Å². The number of benzene rings is 1. The normalized spacial score (nSPS) is 10.8. The van der Waals surface area contributed by atoms with E-state index in [2.05, 4.69) is 4.98 Å². The van der Waals surface area contributed by atoms with Crippen molar-refractivity contribution < 1.29 is 13.2 Å². The molecule has 0 bridgehead atoms. The van der Waals surface area contributed by atoms with Crippen LogP contribution in [0.2, 0.25) is 0 Å². The Labute approximate surface area is 117 Å². The van der Waals surface area contributed by atoms with E-state index in [-0.39, 0.29) is 17.7 Å². The van der Waals surface area contributed by atoms with Gasteiger partial charge in [-0.1, -0.05) is 11.8 Å². The van der Waals surface area contributed by atoms with Crippen LogP contribution in [0.4, 0.5) is 13.2 Å². The number of aromatic nitrogens is 2. The van der Waals surface area contributed by atoms with Gasteiger partial charge >= 0.3 is 0 Å². The Morgan fingerprint density at radius 3 is 2.35 bits per heavy atom. The molecular weight excluding hydrogens is 289 g/mol. The summed E-state index contributed by atoms with van der Waals surface area (Å²) in [5, 5.41) is 0.431. The summed E-state index contributed by atoms with van der Waals surface area (Å²) < 4.78 is 40.9. The van der Waals surface area contributed by atoms with E-state index in [0.717, 1.165) is 12.1 Å². The summed E-state index contributed by atoms with van der Waals surface area (Å²) in [5.74, 6) is -3.97. The van der Waals surface area contributed by atoms with Gasteiger partial charge in [0.25, 0.3) is 5.56 Å². The zero-order valence-corrected chi connectivity index (χ0v) is 11.6. The largest absolute Gasteiger partial charge is 0.320 e. The molecule has 1 aromatic heterocycles. The molecule has 3 nitrogen and oxygen atoms in total. The molecule has 0 amide bonds. The van der Waals surface area contributed by atoms with Crippen molar-refractivity contribution in [3.63, 3.8) is 0 Å². The van der Waals surface area contributed by atoms with E-state index < -0.39 is 17.5 Å². The monoisotopic (exact) mass is 300 g/mol. The summed E-state index contributed by atoms with van der Waals surface area (Å²) >= 11 is 1.24. The fraction of sp³-hybridized carbons (Fsp3) is 0.231. The van der Waals surface area contributed by atoms with E-state index in [9.17, 15) is 18.0 Å². The van der Waals surface area contributed by atoms with Crippen molar-refractivity contribution in [3.8, 4) is 0 Å². The highest BCUT2D eigenvalue weighted by atomic mass is 32.2. The van der Waals surface area contributed by atoms with Gasteiger partial charge in [-0.15, -0.1) is 0 Å². The predicted molar refractivity (Wildman–Crippen MR) is 70.4 cm³/mol. The minimum Gasteiger partial charge on any atom is -0.320 e. The Morgan fingerprint density at radius 1 is 1.20 bits per heavy atom. The molecule has 0 aliphatic heterocycles. The number of nitrogens with zero attached hydrogens (tertiary/aromatic N) is 2. The molecule has 0 N–H and O–H groups in total. The summed E-state index contributed by atoms with van der Waals surface area (Å²) in [6.45, 7) is 1.79. The lowest BCUT2D eigenvalue weighted by Crippen LogP contribution is -2.17. The molecule has 0 unspecified atom stereocenters. The van der Waals surface area contributed by atoms with Gasteiger partial charge in [-0.3, -0.25) is 4.79 Å². The molecule has 0 saturated heterocycles. The van der Waals surface area contributed by atoms with E-state index in [4.69, 9.17) is 0 Å². The molecule has 1 aromatic carbocycles. The van der Waals surface area contributed by atoms with E-state index in [1.807, 2.05) is 0 Å². The van der Waals surface area contributed by atoms with E-state index in [1.54, 1.807) is 17.7 Å².